The Morgan fingerprint density at radius 2 is 1.95 bits per heavy atom. The predicted octanol–water partition coefficient (Wildman–Crippen LogP) is 4.49. The molecule has 1 aliphatic heterocycles. The Labute approximate surface area is 130 Å². The van der Waals surface area contributed by atoms with E-state index in [1.165, 1.54) is 50.8 Å². The van der Waals surface area contributed by atoms with Crippen molar-refractivity contribution in [3.63, 3.8) is 0 Å². The van der Waals surface area contributed by atoms with E-state index >= 15 is 0 Å². The summed E-state index contributed by atoms with van der Waals surface area (Å²) >= 11 is 2.66. The summed E-state index contributed by atoms with van der Waals surface area (Å²) in [6.45, 7) is 7.06. The van der Waals surface area contributed by atoms with E-state index in [-0.39, 0.29) is 0 Å². The lowest BCUT2D eigenvalue weighted by Crippen LogP contribution is -2.43. The van der Waals surface area contributed by atoms with E-state index < -0.39 is 0 Å². The number of aryl methyl sites for hydroxylation is 1. The third-order valence-electron chi connectivity index (χ3n) is 4.92. The highest BCUT2D eigenvalue weighted by atomic mass is 127. The zero-order chi connectivity index (χ0) is 13.5. The van der Waals surface area contributed by atoms with Gasteiger partial charge < -0.3 is 0 Å². The lowest BCUT2D eigenvalue weighted by Gasteiger charge is -2.41. The molecule has 3 rings (SSSR count). The number of benzene rings is 1. The van der Waals surface area contributed by atoms with Crippen molar-refractivity contribution in [1.29, 1.82) is 0 Å². The Balaban J connectivity index is 1.67. The minimum Gasteiger partial charge on any atom is -0.296 e. The van der Waals surface area contributed by atoms with Crippen LogP contribution < -0.4 is 0 Å². The number of halogens is 1. The molecule has 0 radical (unpaired) electrons. The van der Waals surface area contributed by atoms with Crippen LogP contribution in [0, 0.1) is 6.92 Å². The number of hydrogen-bond donors (Lipinski definition) is 0. The summed E-state index contributed by atoms with van der Waals surface area (Å²) in [5.41, 5.74) is 4.57. The summed E-state index contributed by atoms with van der Waals surface area (Å²) in [5.74, 6) is 0. The third-order valence-corrected chi connectivity index (χ3v) is 6.00. The highest BCUT2D eigenvalue weighted by Crippen LogP contribution is 2.38. The molecule has 1 heterocycles. The van der Waals surface area contributed by atoms with Crippen LogP contribution in [0.15, 0.2) is 18.2 Å². The topological polar surface area (TPSA) is 3.24 Å². The first-order valence-electron chi connectivity index (χ1n) is 7.55. The molecular weight excluding hydrogens is 345 g/mol. The first-order valence-corrected chi connectivity index (χ1v) is 8.63. The lowest BCUT2D eigenvalue weighted by molar-refractivity contribution is 0.135. The summed E-state index contributed by atoms with van der Waals surface area (Å²) < 4.78 is 0.555. The molecule has 0 amide bonds. The summed E-state index contributed by atoms with van der Waals surface area (Å²) in [6, 6.07) is 7.83. The molecule has 1 nitrogen and oxygen atoms in total. The molecule has 0 saturated heterocycles. The van der Waals surface area contributed by atoms with Gasteiger partial charge in [0.15, 0.2) is 0 Å². The molecule has 2 aliphatic rings. The Bertz CT molecular complexity index is 456. The molecule has 1 aromatic carbocycles. The fraction of sp³-hybridized carbons (Fsp3) is 0.647. The van der Waals surface area contributed by atoms with E-state index in [2.05, 4.69) is 59.5 Å². The Kier molecular flexibility index (Phi) is 3.91. The van der Waals surface area contributed by atoms with Gasteiger partial charge in [0.05, 0.1) is 0 Å². The second-order valence-electron chi connectivity index (χ2n) is 6.64. The van der Waals surface area contributed by atoms with Crippen molar-refractivity contribution in [2.75, 3.05) is 6.54 Å². The van der Waals surface area contributed by atoms with Crippen molar-refractivity contribution < 1.29 is 0 Å². The van der Waals surface area contributed by atoms with Gasteiger partial charge in [-0.3, -0.25) is 4.90 Å². The van der Waals surface area contributed by atoms with Crippen LogP contribution in [0.4, 0.5) is 0 Å². The normalized spacial score (nSPS) is 32.1. The van der Waals surface area contributed by atoms with Gasteiger partial charge in [-0.15, -0.1) is 0 Å². The molecule has 0 aromatic heterocycles. The maximum Gasteiger partial charge on any atom is 0.0239 e. The maximum atomic E-state index is 2.74. The van der Waals surface area contributed by atoms with Gasteiger partial charge in [-0.1, -0.05) is 53.3 Å². The number of fused-ring (bicyclic) bond motifs is 1. The largest absolute Gasteiger partial charge is 0.296 e. The molecule has 0 unspecified atom stereocenters. The van der Waals surface area contributed by atoms with Crippen LogP contribution in [-0.2, 0) is 13.0 Å². The molecule has 0 N–H and O–H groups in total. The summed E-state index contributed by atoms with van der Waals surface area (Å²) in [5, 5.41) is 0. The van der Waals surface area contributed by atoms with Crippen molar-refractivity contribution >= 4 is 22.6 Å². The molecule has 1 saturated carbocycles. The van der Waals surface area contributed by atoms with Crippen molar-refractivity contribution in [3.8, 4) is 0 Å². The van der Waals surface area contributed by atoms with Crippen LogP contribution in [0.25, 0.3) is 0 Å². The number of rotatable bonds is 1. The fourth-order valence-corrected chi connectivity index (χ4v) is 4.21. The Hall–Kier alpha value is -0.0900. The standard InChI is InChI=1S/C17H24IN/c1-13-3-4-15-12-19(10-7-14(15)11-13)16-5-8-17(2,18)9-6-16/h3-4,11,16H,5-10,12H2,1-2H3. The smallest absolute Gasteiger partial charge is 0.0239 e. The second kappa shape index (κ2) is 5.36. The summed E-state index contributed by atoms with van der Waals surface area (Å²) in [7, 11) is 0. The van der Waals surface area contributed by atoms with Gasteiger partial charge in [0.25, 0.3) is 0 Å². The van der Waals surface area contributed by atoms with E-state index in [1.807, 2.05) is 0 Å². The van der Waals surface area contributed by atoms with Crippen molar-refractivity contribution in [2.45, 2.75) is 62.0 Å². The molecule has 0 atom stereocenters. The Morgan fingerprint density at radius 3 is 2.68 bits per heavy atom. The van der Waals surface area contributed by atoms with Gasteiger partial charge in [-0.2, -0.15) is 0 Å². The number of nitrogens with zero attached hydrogens (tertiary/aromatic N) is 1. The van der Waals surface area contributed by atoms with Crippen LogP contribution in [0.1, 0.15) is 49.3 Å². The van der Waals surface area contributed by atoms with Crippen LogP contribution in [-0.4, -0.2) is 20.9 Å². The average Bonchev–Trinajstić information content (AvgIpc) is 2.38. The predicted molar refractivity (Wildman–Crippen MR) is 90.0 cm³/mol. The Morgan fingerprint density at radius 1 is 1.21 bits per heavy atom. The number of alkyl halides is 1. The van der Waals surface area contributed by atoms with E-state index in [9.17, 15) is 0 Å². The zero-order valence-corrected chi connectivity index (χ0v) is 14.2. The van der Waals surface area contributed by atoms with Crippen molar-refractivity contribution in [2.24, 2.45) is 0 Å². The van der Waals surface area contributed by atoms with E-state index in [0.29, 0.717) is 3.42 Å². The molecule has 1 fully saturated rings. The first kappa shape index (κ1) is 13.9. The molecule has 1 aromatic rings. The van der Waals surface area contributed by atoms with Gasteiger partial charge in [0.1, 0.15) is 0 Å². The quantitative estimate of drug-likeness (QED) is 0.521. The van der Waals surface area contributed by atoms with Gasteiger partial charge >= 0.3 is 0 Å². The summed E-state index contributed by atoms with van der Waals surface area (Å²) in [6.07, 6.45) is 6.79. The van der Waals surface area contributed by atoms with Crippen LogP contribution in [0.5, 0.6) is 0 Å². The third kappa shape index (κ3) is 3.15. The average molecular weight is 369 g/mol. The van der Waals surface area contributed by atoms with Crippen LogP contribution in [0.2, 0.25) is 0 Å². The zero-order valence-electron chi connectivity index (χ0n) is 12.1. The second-order valence-corrected chi connectivity index (χ2v) is 9.24. The number of hydrogen-bond acceptors (Lipinski definition) is 1. The molecule has 0 spiro atoms. The highest BCUT2D eigenvalue weighted by molar-refractivity contribution is 14.1. The van der Waals surface area contributed by atoms with E-state index in [0.717, 1.165) is 6.04 Å². The van der Waals surface area contributed by atoms with Gasteiger partial charge in [-0.25, -0.2) is 0 Å². The maximum absolute atomic E-state index is 2.74. The van der Waals surface area contributed by atoms with E-state index in [1.54, 1.807) is 11.1 Å². The molecule has 1 aliphatic carbocycles. The van der Waals surface area contributed by atoms with Gasteiger partial charge in [0, 0.05) is 22.6 Å². The first-order chi connectivity index (χ1) is 9.03. The molecule has 19 heavy (non-hydrogen) atoms. The van der Waals surface area contributed by atoms with Crippen molar-refractivity contribution in [3.05, 3.63) is 34.9 Å². The lowest BCUT2D eigenvalue weighted by atomic mass is 9.85. The monoisotopic (exact) mass is 369 g/mol. The molecule has 104 valence electrons. The molecular formula is C17H24IN. The SMILES string of the molecule is Cc1ccc2c(c1)CCN(C1CCC(C)(I)CC1)C2. The molecule has 2 heteroatoms. The minimum atomic E-state index is 0.555. The van der Waals surface area contributed by atoms with Crippen LogP contribution >= 0.6 is 22.6 Å². The minimum absolute atomic E-state index is 0.555. The van der Waals surface area contributed by atoms with Crippen molar-refractivity contribution in [1.82, 2.24) is 4.90 Å². The fourth-order valence-electron chi connectivity index (χ4n) is 3.58. The highest BCUT2D eigenvalue weighted by Gasteiger charge is 2.32. The van der Waals surface area contributed by atoms with Gasteiger partial charge in [0.2, 0.25) is 0 Å². The van der Waals surface area contributed by atoms with Gasteiger partial charge in [-0.05, 0) is 50.2 Å². The van der Waals surface area contributed by atoms with Crippen LogP contribution in [0.3, 0.4) is 0 Å². The summed E-state index contributed by atoms with van der Waals surface area (Å²) in [4.78, 5) is 2.74. The van der Waals surface area contributed by atoms with E-state index in [4.69, 9.17) is 0 Å². The molecule has 0 bridgehead atoms.